The number of aromatic nitrogens is 1. The number of nitrogens with zero attached hydrogens (tertiary/aromatic N) is 1. The molecule has 2 heteroatoms. The fraction of sp³-hybridized carbons (Fsp3) is 0.231. The second-order valence-corrected chi connectivity index (χ2v) is 3.84. The number of hydrogen-bond acceptors (Lipinski definition) is 1. The first kappa shape index (κ1) is 9.99. The molecule has 15 heavy (non-hydrogen) atoms. The zero-order chi connectivity index (χ0) is 10.7. The summed E-state index contributed by atoms with van der Waals surface area (Å²) in [6, 6.07) is 10.6. The first-order valence-electron chi connectivity index (χ1n) is 5.09. The van der Waals surface area contributed by atoms with Crippen molar-refractivity contribution in [3.8, 4) is 0 Å². The summed E-state index contributed by atoms with van der Waals surface area (Å²) in [5, 5.41) is 8.92. The first-order valence-corrected chi connectivity index (χ1v) is 5.09. The lowest BCUT2D eigenvalue weighted by atomic mass is 10.1. The maximum Gasteiger partial charge on any atom is 0.119 e. The molecule has 1 aromatic carbocycles. The molecule has 0 aliphatic heterocycles. The molecule has 0 saturated heterocycles. The van der Waals surface area contributed by atoms with E-state index >= 15 is 0 Å². The number of rotatable bonds is 3. The molecule has 0 aliphatic rings. The number of benzene rings is 1. The Morgan fingerprint density at radius 2 is 1.80 bits per heavy atom. The molecule has 0 spiro atoms. The van der Waals surface area contributed by atoms with Crippen LogP contribution in [0.1, 0.15) is 16.7 Å². The molecule has 0 fully saturated rings. The Hall–Kier alpha value is -1.54. The summed E-state index contributed by atoms with van der Waals surface area (Å²) in [6.45, 7) is 2.14. The van der Waals surface area contributed by atoms with E-state index in [2.05, 4.69) is 31.2 Å². The van der Waals surface area contributed by atoms with Crippen LogP contribution in [-0.4, -0.2) is 9.67 Å². The van der Waals surface area contributed by atoms with E-state index in [4.69, 9.17) is 5.11 Å². The zero-order valence-corrected chi connectivity index (χ0v) is 8.85. The van der Waals surface area contributed by atoms with Gasteiger partial charge in [0.05, 0.1) is 0 Å². The molecule has 2 rings (SSSR count). The highest BCUT2D eigenvalue weighted by atomic mass is 16.3. The molecule has 1 N–H and O–H groups in total. The molecular weight excluding hydrogens is 186 g/mol. The smallest absolute Gasteiger partial charge is 0.119 e. The first-order chi connectivity index (χ1) is 7.28. The fourth-order valence-corrected chi connectivity index (χ4v) is 1.62. The van der Waals surface area contributed by atoms with Crippen LogP contribution in [0.15, 0.2) is 42.7 Å². The average Bonchev–Trinajstić information content (AvgIpc) is 2.69. The van der Waals surface area contributed by atoms with E-state index in [1.807, 2.05) is 18.5 Å². The van der Waals surface area contributed by atoms with Crippen LogP contribution in [0.4, 0.5) is 0 Å². The topological polar surface area (TPSA) is 25.2 Å². The van der Waals surface area contributed by atoms with E-state index in [9.17, 15) is 0 Å². The van der Waals surface area contributed by atoms with Crippen LogP contribution >= 0.6 is 0 Å². The predicted octanol–water partition coefficient (Wildman–Crippen LogP) is 2.34. The molecule has 0 amide bonds. The summed E-state index contributed by atoms with van der Waals surface area (Å²) >= 11 is 0. The molecule has 0 aliphatic carbocycles. The minimum atomic E-state index is 0.0495. The second kappa shape index (κ2) is 4.32. The number of aliphatic hydroxyl groups is 1. The van der Waals surface area contributed by atoms with Crippen LogP contribution in [0.3, 0.4) is 0 Å². The molecule has 0 saturated carbocycles. The van der Waals surface area contributed by atoms with E-state index < -0.39 is 0 Å². The van der Waals surface area contributed by atoms with Gasteiger partial charge in [-0.25, -0.2) is 0 Å². The normalized spacial score (nSPS) is 10.5. The average molecular weight is 201 g/mol. The van der Waals surface area contributed by atoms with Gasteiger partial charge in [0.25, 0.3) is 0 Å². The molecule has 0 unspecified atom stereocenters. The molecule has 0 bridgehead atoms. The van der Waals surface area contributed by atoms with Gasteiger partial charge < -0.3 is 9.67 Å². The van der Waals surface area contributed by atoms with Crippen molar-refractivity contribution in [3.05, 3.63) is 59.4 Å². The Balaban J connectivity index is 2.11. The summed E-state index contributed by atoms with van der Waals surface area (Å²) in [5.74, 6) is 0. The molecule has 2 aromatic rings. The van der Waals surface area contributed by atoms with E-state index in [-0.39, 0.29) is 6.73 Å². The van der Waals surface area contributed by atoms with E-state index in [0.29, 0.717) is 0 Å². The Morgan fingerprint density at radius 1 is 1.07 bits per heavy atom. The minimum Gasteiger partial charge on any atom is -0.376 e. The van der Waals surface area contributed by atoms with Gasteiger partial charge in [0.1, 0.15) is 6.73 Å². The molecule has 0 radical (unpaired) electrons. The van der Waals surface area contributed by atoms with Crippen molar-refractivity contribution >= 4 is 0 Å². The van der Waals surface area contributed by atoms with Crippen LogP contribution in [0, 0.1) is 6.92 Å². The summed E-state index contributed by atoms with van der Waals surface area (Å²) in [5.41, 5.74) is 3.82. The Labute approximate surface area is 89.8 Å². The molecule has 1 aromatic heterocycles. The van der Waals surface area contributed by atoms with Gasteiger partial charge in [-0.2, -0.15) is 0 Å². The van der Waals surface area contributed by atoms with Crippen molar-refractivity contribution < 1.29 is 5.11 Å². The van der Waals surface area contributed by atoms with E-state index in [0.717, 1.165) is 6.42 Å². The lowest BCUT2D eigenvalue weighted by Crippen LogP contribution is -1.91. The zero-order valence-electron chi connectivity index (χ0n) is 8.85. The van der Waals surface area contributed by atoms with Crippen LogP contribution < -0.4 is 0 Å². The number of aryl methyl sites for hydroxylation is 1. The highest BCUT2D eigenvalue weighted by Crippen LogP contribution is 2.10. The maximum atomic E-state index is 8.92. The highest BCUT2D eigenvalue weighted by molar-refractivity contribution is 5.27. The third-order valence-corrected chi connectivity index (χ3v) is 2.50. The van der Waals surface area contributed by atoms with Gasteiger partial charge in [0.2, 0.25) is 0 Å². The van der Waals surface area contributed by atoms with Gasteiger partial charge in [-0.1, -0.05) is 29.8 Å². The third-order valence-electron chi connectivity index (χ3n) is 2.50. The van der Waals surface area contributed by atoms with Crippen LogP contribution in [-0.2, 0) is 13.2 Å². The van der Waals surface area contributed by atoms with Crippen LogP contribution in [0.2, 0.25) is 0 Å². The van der Waals surface area contributed by atoms with Crippen molar-refractivity contribution in [2.45, 2.75) is 20.1 Å². The summed E-state index contributed by atoms with van der Waals surface area (Å²) in [4.78, 5) is 0. The summed E-state index contributed by atoms with van der Waals surface area (Å²) < 4.78 is 1.77. The Morgan fingerprint density at radius 3 is 2.40 bits per heavy atom. The van der Waals surface area contributed by atoms with Crippen LogP contribution in [0.5, 0.6) is 0 Å². The third kappa shape index (κ3) is 2.48. The van der Waals surface area contributed by atoms with Crippen molar-refractivity contribution in [1.82, 2.24) is 4.57 Å². The summed E-state index contributed by atoms with van der Waals surface area (Å²) in [6.07, 6.45) is 4.79. The fourth-order valence-electron chi connectivity index (χ4n) is 1.62. The SMILES string of the molecule is Cc1ccc(Cc2ccn(CO)c2)cc1. The highest BCUT2D eigenvalue weighted by Gasteiger charge is 1.98. The Bertz CT molecular complexity index is 428. The monoisotopic (exact) mass is 201 g/mol. The lowest BCUT2D eigenvalue weighted by Gasteiger charge is -1.99. The molecule has 2 nitrogen and oxygen atoms in total. The quantitative estimate of drug-likeness (QED) is 0.810. The largest absolute Gasteiger partial charge is 0.376 e. The van der Waals surface area contributed by atoms with Crippen molar-refractivity contribution in [1.29, 1.82) is 0 Å². The molecule has 1 heterocycles. The Kier molecular flexibility index (Phi) is 2.88. The van der Waals surface area contributed by atoms with Gasteiger partial charge >= 0.3 is 0 Å². The number of aliphatic hydroxyl groups excluding tert-OH is 1. The lowest BCUT2D eigenvalue weighted by molar-refractivity contribution is 0.211. The van der Waals surface area contributed by atoms with Gasteiger partial charge in [0.15, 0.2) is 0 Å². The van der Waals surface area contributed by atoms with Gasteiger partial charge in [-0.15, -0.1) is 0 Å². The van der Waals surface area contributed by atoms with E-state index in [1.165, 1.54) is 16.7 Å². The molecule has 0 atom stereocenters. The second-order valence-electron chi connectivity index (χ2n) is 3.84. The maximum absolute atomic E-state index is 8.92. The van der Waals surface area contributed by atoms with Crippen molar-refractivity contribution in [2.24, 2.45) is 0 Å². The predicted molar refractivity (Wildman–Crippen MR) is 60.6 cm³/mol. The molecule has 78 valence electrons. The van der Waals surface area contributed by atoms with Gasteiger partial charge in [0, 0.05) is 12.4 Å². The van der Waals surface area contributed by atoms with Gasteiger partial charge in [-0.3, -0.25) is 0 Å². The van der Waals surface area contributed by atoms with Crippen molar-refractivity contribution in [2.75, 3.05) is 0 Å². The van der Waals surface area contributed by atoms with E-state index in [1.54, 1.807) is 4.57 Å². The standard InChI is InChI=1S/C13H15NO/c1-11-2-4-12(5-3-11)8-13-6-7-14(9-13)10-15/h2-7,9,15H,8,10H2,1H3. The summed E-state index contributed by atoms with van der Waals surface area (Å²) in [7, 11) is 0. The van der Waals surface area contributed by atoms with Crippen LogP contribution in [0.25, 0.3) is 0 Å². The van der Waals surface area contributed by atoms with Gasteiger partial charge in [-0.05, 0) is 30.5 Å². The van der Waals surface area contributed by atoms with Crippen molar-refractivity contribution in [3.63, 3.8) is 0 Å². The number of hydrogen-bond donors (Lipinski definition) is 1. The minimum absolute atomic E-state index is 0.0495. The molecular formula is C13H15NO.